The van der Waals surface area contributed by atoms with Crippen molar-refractivity contribution in [1.82, 2.24) is 4.98 Å². The highest BCUT2D eigenvalue weighted by Gasteiger charge is 2.25. The number of para-hydroxylation sites is 1. The van der Waals surface area contributed by atoms with Gasteiger partial charge in [0.15, 0.2) is 0 Å². The topological polar surface area (TPSA) is 28.2 Å². The predicted molar refractivity (Wildman–Crippen MR) is 84.2 cm³/mol. The average molecular weight is 267 g/mol. The van der Waals surface area contributed by atoms with Crippen molar-refractivity contribution in [3.63, 3.8) is 0 Å². The highest BCUT2D eigenvalue weighted by atomic mass is 15.2. The number of rotatable bonds is 4. The van der Waals surface area contributed by atoms with Gasteiger partial charge in [-0.25, -0.2) is 4.98 Å². The summed E-state index contributed by atoms with van der Waals surface area (Å²) in [6.07, 6.45) is 3.12. The number of benzene rings is 1. The molecule has 1 N–H and O–H groups in total. The molecule has 3 heteroatoms. The Morgan fingerprint density at radius 1 is 1.25 bits per heavy atom. The van der Waals surface area contributed by atoms with Gasteiger partial charge in [0.1, 0.15) is 5.82 Å². The smallest absolute Gasteiger partial charge is 0.125 e. The number of nitrogens with zero attached hydrogens (tertiary/aromatic N) is 2. The van der Waals surface area contributed by atoms with Crippen LogP contribution in [0.15, 0.2) is 42.6 Å². The molecule has 1 aliphatic heterocycles. The van der Waals surface area contributed by atoms with Crippen molar-refractivity contribution in [2.24, 2.45) is 0 Å². The standard InChI is InChI=1S/C17H21N3/c1-3-18-17-9-8-14(11-19-17)12-20-13(2)10-15-6-4-5-7-16(15)20/h4-9,11,13H,3,10,12H2,1-2H3,(H,18,19). The summed E-state index contributed by atoms with van der Waals surface area (Å²) in [7, 11) is 0. The summed E-state index contributed by atoms with van der Waals surface area (Å²) in [4.78, 5) is 6.93. The number of nitrogens with one attached hydrogen (secondary N) is 1. The normalized spacial score (nSPS) is 17.1. The molecule has 1 unspecified atom stereocenters. The molecule has 1 atom stereocenters. The largest absolute Gasteiger partial charge is 0.370 e. The first kappa shape index (κ1) is 13.0. The molecule has 2 aromatic rings. The van der Waals surface area contributed by atoms with E-state index < -0.39 is 0 Å². The van der Waals surface area contributed by atoms with E-state index in [2.05, 4.69) is 65.4 Å². The van der Waals surface area contributed by atoms with Crippen LogP contribution in [0.4, 0.5) is 11.5 Å². The van der Waals surface area contributed by atoms with Crippen molar-refractivity contribution in [3.8, 4) is 0 Å². The zero-order valence-corrected chi connectivity index (χ0v) is 12.1. The van der Waals surface area contributed by atoms with Crippen LogP contribution >= 0.6 is 0 Å². The molecule has 20 heavy (non-hydrogen) atoms. The minimum atomic E-state index is 0.556. The third-order valence-electron chi connectivity index (χ3n) is 3.88. The molecule has 0 saturated heterocycles. The van der Waals surface area contributed by atoms with Crippen LogP contribution in [0, 0.1) is 0 Å². The summed E-state index contributed by atoms with van der Waals surface area (Å²) in [5.41, 5.74) is 4.09. The first-order valence-electron chi connectivity index (χ1n) is 7.31. The Balaban J connectivity index is 1.77. The number of hydrogen-bond donors (Lipinski definition) is 1. The molecule has 0 aliphatic carbocycles. The second-order valence-corrected chi connectivity index (χ2v) is 5.39. The van der Waals surface area contributed by atoms with Crippen molar-refractivity contribution in [3.05, 3.63) is 53.7 Å². The fourth-order valence-electron chi connectivity index (χ4n) is 2.87. The van der Waals surface area contributed by atoms with E-state index in [0.29, 0.717) is 6.04 Å². The monoisotopic (exact) mass is 267 g/mol. The minimum absolute atomic E-state index is 0.556. The van der Waals surface area contributed by atoms with E-state index in [1.807, 2.05) is 6.20 Å². The third kappa shape index (κ3) is 2.48. The van der Waals surface area contributed by atoms with Crippen molar-refractivity contribution in [2.45, 2.75) is 32.9 Å². The van der Waals surface area contributed by atoms with E-state index in [0.717, 1.165) is 25.3 Å². The second-order valence-electron chi connectivity index (χ2n) is 5.39. The second kappa shape index (κ2) is 5.53. The Morgan fingerprint density at radius 2 is 2.10 bits per heavy atom. The third-order valence-corrected chi connectivity index (χ3v) is 3.88. The van der Waals surface area contributed by atoms with Gasteiger partial charge in [0.2, 0.25) is 0 Å². The maximum absolute atomic E-state index is 4.45. The molecule has 0 amide bonds. The molecule has 0 bridgehead atoms. The van der Waals surface area contributed by atoms with Crippen LogP contribution in [0.25, 0.3) is 0 Å². The lowest BCUT2D eigenvalue weighted by atomic mass is 10.1. The molecule has 0 fully saturated rings. The lowest BCUT2D eigenvalue weighted by Gasteiger charge is -2.25. The Kier molecular flexibility index (Phi) is 3.59. The molecule has 1 aromatic carbocycles. The van der Waals surface area contributed by atoms with Crippen molar-refractivity contribution >= 4 is 11.5 Å². The van der Waals surface area contributed by atoms with Gasteiger partial charge < -0.3 is 10.2 Å². The van der Waals surface area contributed by atoms with Gasteiger partial charge in [-0.05, 0) is 43.5 Å². The summed E-state index contributed by atoms with van der Waals surface area (Å²) < 4.78 is 0. The van der Waals surface area contributed by atoms with Crippen molar-refractivity contribution < 1.29 is 0 Å². The lowest BCUT2D eigenvalue weighted by Crippen LogP contribution is -2.28. The molecule has 1 aliphatic rings. The lowest BCUT2D eigenvalue weighted by molar-refractivity contribution is 0.671. The summed E-state index contributed by atoms with van der Waals surface area (Å²) in [5, 5.41) is 3.23. The van der Waals surface area contributed by atoms with Crippen LogP contribution in [0.3, 0.4) is 0 Å². The maximum Gasteiger partial charge on any atom is 0.125 e. The molecule has 0 spiro atoms. The molecule has 3 nitrogen and oxygen atoms in total. The highest BCUT2D eigenvalue weighted by molar-refractivity contribution is 5.59. The summed E-state index contributed by atoms with van der Waals surface area (Å²) >= 11 is 0. The fraction of sp³-hybridized carbons (Fsp3) is 0.353. The molecule has 104 valence electrons. The summed E-state index contributed by atoms with van der Waals surface area (Å²) in [5.74, 6) is 0.950. The average Bonchev–Trinajstić information content (AvgIpc) is 2.78. The molecule has 1 aromatic heterocycles. The fourth-order valence-corrected chi connectivity index (χ4v) is 2.87. The van der Waals surface area contributed by atoms with Gasteiger partial charge in [-0.15, -0.1) is 0 Å². The van der Waals surface area contributed by atoms with Gasteiger partial charge in [-0.3, -0.25) is 0 Å². The molecular formula is C17H21N3. The summed E-state index contributed by atoms with van der Waals surface area (Å²) in [6.45, 7) is 6.21. The van der Waals surface area contributed by atoms with E-state index in [1.54, 1.807) is 0 Å². The van der Waals surface area contributed by atoms with Gasteiger partial charge in [-0.1, -0.05) is 24.3 Å². The molecule has 3 rings (SSSR count). The van der Waals surface area contributed by atoms with Crippen molar-refractivity contribution in [1.29, 1.82) is 0 Å². The van der Waals surface area contributed by atoms with Gasteiger partial charge in [0.05, 0.1) is 0 Å². The first-order valence-corrected chi connectivity index (χ1v) is 7.31. The number of pyridine rings is 1. The van der Waals surface area contributed by atoms with Gasteiger partial charge in [0.25, 0.3) is 0 Å². The number of hydrogen-bond acceptors (Lipinski definition) is 3. The van der Waals surface area contributed by atoms with E-state index in [4.69, 9.17) is 0 Å². The number of aromatic nitrogens is 1. The van der Waals surface area contributed by atoms with Crippen LogP contribution in [-0.2, 0) is 13.0 Å². The highest BCUT2D eigenvalue weighted by Crippen LogP contribution is 2.32. The minimum Gasteiger partial charge on any atom is -0.370 e. The summed E-state index contributed by atoms with van der Waals surface area (Å²) in [6, 6.07) is 13.5. The zero-order valence-electron chi connectivity index (χ0n) is 12.1. The van der Waals surface area contributed by atoms with Crippen LogP contribution < -0.4 is 10.2 Å². The molecule has 0 saturated carbocycles. The van der Waals surface area contributed by atoms with Crippen LogP contribution in [0.2, 0.25) is 0 Å². The van der Waals surface area contributed by atoms with E-state index in [1.165, 1.54) is 16.8 Å². The number of anilines is 2. The van der Waals surface area contributed by atoms with Gasteiger partial charge in [0, 0.05) is 31.0 Å². The van der Waals surface area contributed by atoms with Crippen LogP contribution in [-0.4, -0.2) is 17.6 Å². The Bertz CT molecular complexity index is 577. The maximum atomic E-state index is 4.45. The number of fused-ring (bicyclic) bond motifs is 1. The molecular weight excluding hydrogens is 246 g/mol. The van der Waals surface area contributed by atoms with E-state index >= 15 is 0 Å². The Morgan fingerprint density at radius 3 is 2.85 bits per heavy atom. The SMILES string of the molecule is CCNc1ccc(CN2c3ccccc3CC2C)cn1. The zero-order chi connectivity index (χ0) is 13.9. The molecule has 2 heterocycles. The Labute approximate surface area is 120 Å². The van der Waals surface area contributed by atoms with Gasteiger partial charge >= 0.3 is 0 Å². The van der Waals surface area contributed by atoms with Crippen LogP contribution in [0.1, 0.15) is 25.0 Å². The quantitative estimate of drug-likeness (QED) is 0.919. The van der Waals surface area contributed by atoms with E-state index in [9.17, 15) is 0 Å². The van der Waals surface area contributed by atoms with Gasteiger partial charge in [-0.2, -0.15) is 0 Å². The predicted octanol–water partition coefficient (Wildman–Crippen LogP) is 3.46. The van der Waals surface area contributed by atoms with Crippen LogP contribution in [0.5, 0.6) is 0 Å². The van der Waals surface area contributed by atoms with E-state index in [-0.39, 0.29) is 0 Å². The first-order chi connectivity index (χ1) is 9.78. The Hall–Kier alpha value is -2.03. The van der Waals surface area contributed by atoms with Crippen molar-refractivity contribution in [2.75, 3.05) is 16.8 Å². The molecule has 0 radical (unpaired) electrons.